The van der Waals surface area contributed by atoms with Gasteiger partial charge < -0.3 is 21.5 Å². The van der Waals surface area contributed by atoms with Gasteiger partial charge in [0.2, 0.25) is 0 Å². The number of rotatable bonds is 6. The monoisotopic (exact) mass is 442 g/mol. The molecule has 5 N–H and O–H groups in total. The fourth-order valence-electron chi connectivity index (χ4n) is 1.98. The normalized spacial score (nSPS) is 16.1. The van der Waals surface area contributed by atoms with Crippen molar-refractivity contribution in [2.24, 2.45) is 16.5 Å². The van der Waals surface area contributed by atoms with E-state index >= 15 is 0 Å². The first-order chi connectivity index (χ1) is 10.7. The fourth-order valence-corrected chi connectivity index (χ4v) is 1.98. The Kier molecular flexibility index (Phi) is 10.9. The third-order valence-electron chi connectivity index (χ3n) is 3.46. The molecular formula is C14H21Cl3F4N4O. The summed E-state index contributed by atoms with van der Waals surface area (Å²) in [5.41, 5.74) is 11.4. The fraction of sp³-hybridized carbons (Fsp3) is 0.500. The lowest BCUT2D eigenvalue weighted by molar-refractivity contribution is -0.199. The highest BCUT2D eigenvalue weighted by Crippen LogP contribution is 2.34. The van der Waals surface area contributed by atoms with Crippen molar-refractivity contribution in [3.63, 3.8) is 0 Å². The van der Waals surface area contributed by atoms with E-state index in [9.17, 15) is 17.6 Å². The van der Waals surface area contributed by atoms with Gasteiger partial charge in [-0.05, 0) is 24.6 Å². The van der Waals surface area contributed by atoms with Gasteiger partial charge >= 0.3 is 11.8 Å². The summed E-state index contributed by atoms with van der Waals surface area (Å²) in [6, 6.07) is 4.86. The Balaban J connectivity index is 0. The number of benzene rings is 1. The third kappa shape index (κ3) is 6.02. The molecule has 1 aliphatic rings. The van der Waals surface area contributed by atoms with Gasteiger partial charge in [-0.2, -0.15) is 17.6 Å². The van der Waals surface area contributed by atoms with Crippen molar-refractivity contribution < 1.29 is 22.3 Å². The van der Waals surface area contributed by atoms with Gasteiger partial charge in [0.1, 0.15) is 17.3 Å². The van der Waals surface area contributed by atoms with Gasteiger partial charge in [0, 0.05) is 6.54 Å². The number of hydrogen-bond donors (Lipinski definition) is 3. The predicted molar refractivity (Wildman–Crippen MR) is 100 cm³/mol. The van der Waals surface area contributed by atoms with Crippen LogP contribution < -0.4 is 21.5 Å². The van der Waals surface area contributed by atoms with Crippen LogP contribution in [-0.2, 0) is 6.54 Å². The van der Waals surface area contributed by atoms with Crippen LogP contribution in [0.15, 0.2) is 23.2 Å². The molecule has 0 unspecified atom stereocenters. The minimum absolute atomic E-state index is 0. The molecule has 12 heteroatoms. The van der Waals surface area contributed by atoms with Gasteiger partial charge in [0.05, 0.1) is 13.1 Å². The second-order valence-electron chi connectivity index (χ2n) is 5.32. The Morgan fingerprint density at radius 3 is 2.35 bits per heavy atom. The maximum atomic E-state index is 13.3. The van der Waals surface area contributed by atoms with Gasteiger partial charge in [0.15, 0.2) is 6.10 Å². The molecule has 152 valence electrons. The molecule has 2 rings (SSSR count). The molecule has 1 aromatic rings. The zero-order chi connectivity index (χ0) is 17.3. The number of halogens is 7. The first kappa shape index (κ1) is 27.2. The van der Waals surface area contributed by atoms with Crippen molar-refractivity contribution in [3.05, 3.63) is 23.8 Å². The second-order valence-corrected chi connectivity index (χ2v) is 5.32. The molecule has 0 spiro atoms. The molecule has 1 aromatic carbocycles. The number of hydrogen-bond acceptors (Lipinski definition) is 5. The summed E-state index contributed by atoms with van der Waals surface area (Å²) in [5.74, 6) is -7.65. The molecule has 0 bridgehead atoms. The number of alkyl halides is 4. The average molecular weight is 444 g/mol. The molecule has 26 heavy (non-hydrogen) atoms. The van der Waals surface area contributed by atoms with Crippen LogP contribution in [0.1, 0.15) is 12.5 Å². The smallest absolute Gasteiger partial charge is 0.323 e. The Morgan fingerprint density at radius 1 is 1.15 bits per heavy atom. The number of nitrogens with two attached hydrogens (primary N) is 2. The summed E-state index contributed by atoms with van der Waals surface area (Å²) in [6.07, 6.45) is -0.344. The van der Waals surface area contributed by atoms with Crippen LogP contribution in [0.5, 0.6) is 5.75 Å². The van der Waals surface area contributed by atoms with E-state index < -0.39 is 24.9 Å². The highest BCUT2D eigenvalue weighted by Gasteiger charge is 2.54. The second kappa shape index (κ2) is 10.4. The van der Waals surface area contributed by atoms with E-state index in [-0.39, 0.29) is 49.9 Å². The largest absolute Gasteiger partial charge is 0.481 e. The molecule has 0 saturated heterocycles. The van der Waals surface area contributed by atoms with Crippen molar-refractivity contribution in [3.8, 4) is 5.75 Å². The minimum atomic E-state index is -4.25. The number of ether oxygens (including phenoxy) is 1. The SMILES string of the molecule is C[C@H]1Oc2ccc(CNCC(F)(F)C(F)(F)CN)cc2N=C1N.Cl.Cl.Cl. The van der Waals surface area contributed by atoms with Crippen LogP contribution in [0.4, 0.5) is 23.2 Å². The first-order valence-electron chi connectivity index (χ1n) is 6.96. The van der Waals surface area contributed by atoms with Crippen LogP contribution in [0, 0.1) is 0 Å². The van der Waals surface area contributed by atoms with Crippen molar-refractivity contribution in [2.75, 3.05) is 13.1 Å². The Bertz CT molecular complexity index is 620. The van der Waals surface area contributed by atoms with Gasteiger partial charge in [0.25, 0.3) is 0 Å². The summed E-state index contributed by atoms with van der Waals surface area (Å²) in [4.78, 5) is 4.15. The Morgan fingerprint density at radius 2 is 1.77 bits per heavy atom. The number of nitrogens with one attached hydrogen (secondary N) is 1. The van der Waals surface area contributed by atoms with Gasteiger partial charge in [-0.3, -0.25) is 0 Å². The van der Waals surface area contributed by atoms with E-state index in [1.54, 1.807) is 25.1 Å². The topological polar surface area (TPSA) is 85.7 Å². The standard InChI is InChI=1S/C14H18F4N4O.3ClH/c1-8-12(20)22-10-4-9(2-3-11(10)23-8)5-21-7-14(17,18)13(15,16)6-19;;;/h2-4,8,21H,5-7,19H2,1H3,(H2,20,22);3*1H/t8-;;;/m1.../s1. The van der Waals surface area contributed by atoms with Crippen LogP contribution in [-0.4, -0.2) is 36.9 Å². The van der Waals surface area contributed by atoms with E-state index in [4.69, 9.17) is 10.5 Å². The number of nitrogens with zero attached hydrogens (tertiary/aromatic N) is 1. The molecule has 0 amide bonds. The first-order valence-corrected chi connectivity index (χ1v) is 6.96. The lowest BCUT2D eigenvalue weighted by Crippen LogP contribution is -2.51. The average Bonchev–Trinajstić information content (AvgIpc) is 2.48. The van der Waals surface area contributed by atoms with Crippen molar-refractivity contribution >= 4 is 48.7 Å². The molecule has 0 saturated carbocycles. The van der Waals surface area contributed by atoms with Gasteiger partial charge in [-0.15, -0.1) is 37.2 Å². The molecule has 0 aromatic heterocycles. The van der Waals surface area contributed by atoms with Crippen LogP contribution >= 0.6 is 37.2 Å². The highest BCUT2D eigenvalue weighted by atomic mass is 35.5. The third-order valence-corrected chi connectivity index (χ3v) is 3.46. The molecule has 0 fully saturated rings. The Hall–Kier alpha value is -1.00. The van der Waals surface area contributed by atoms with Crippen LogP contribution in [0.25, 0.3) is 0 Å². The number of fused-ring (bicyclic) bond motifs is 1. The highest BCUT2D eigenvalue weighted by molar-refractivity contribution is 5.89. The van der Waals surface area contributed by atoms with Crippen LogP contribution in [0.3, 0.4) is 0 Å². The van der Waals surface area contributed by atoms with E-state index in [2.05, 4.69) is 16.0 Å². The van der Waals surface area contributed by atoms with Crippen molar-refractivity contribution in [1.82, 2.24) is 5.32 Å². The molecular weight excluding hydrogens is 423 g/mol. The molecule has 0 aliphatic carbocycles. The summed E-state index contributed by atoms with van der Waals surface area (Å²) >= 11 is 0. The zero-order valence-corrected chi connectivity index (χ0v) is 16.1. The maximum absolute atomic E-state index is 13.3. The predicted octanol–water partition coefficient (Wildman–Crippen LogP) is 3.04. The summed E-state index contributed by atoms with van der Waals surface area (Å²) in [7, 11) is 0. The molecule has 1 aliphatic heterocycles. The molecule has 1 heterocycles. The van der Waals surface area contributed by atoms with E-state index in [0.717, 1.165) is 0 Å². The van der Waals surface area contributed by atoms with E-state index in [1.807, 2.05) is 0 Å². The molecule has 5 nitrogen and oxygen atoms in total. The van der Waals surface area contributed by atoms with Crippen LogP contribution in [0.2, 0.25) is 0 Å². The maximum Gasteiger partial charge on any atom is 0.323 e. The minimum Gasteiger partial charge on any atom is -0.481 e. The quantitative estimate of drug-likeness (QED) is 0.590. The van der Waals surface area contributed by atoms with E-state index in [0.29, 0.717) is 22.8 Å². The van der Waals surface area contributed by atoms with Gasteiger partial charge in [-0.25, -0.2) is 4.99 Å². The molecule has 0 radical (unpaired) electrons. The van der Waals surface area contributed by atoms with Crippen molar-refractivity contribution in [2.45, 2.75) is 31.4 Å². The summed E-state index contributed by atoms with van der Waals surface area (Å²) < 4.78 is 58.1. The lowest BCUT2D eigenvalue weighted by Gasteiger charge is -2.25. The zero-order valence-electron chi connectivity index (χ0n) is 13.7. The Labute approximate surface area is 167 Å². The molecule has 1 atom stereocenters. The van der Waals surface area contributed by atoms with Crippen molar-refractivity contribution in [1.29, 1.82) is 0 Å². The number of aliphatic imine (C=N–C) groups is 1. The summed E-state index contributed by atoms with van der Waals surface area (Å²) in [6.45, 7) is -0.886. The van der Waals surface area contributed by atoms with E-state index in [1.165, 1.54) is 0 Å². The lowest BCUT2D eigenvalue weighted by atomic mass is 10.1. The summed E-state index contributed by atoms with van der Waals surface area (Å²) in [5, 5.41) is 2.30. The van der Waals surface area contributed by atoms with Gasteiger partial charge in [-0.1, -0.05) is 6.07 Å². The number of amidine groups is 1.